The molecule has 0 saturated heterocycles. The maximum Gasteiger partial charge on any atom is 0.133 e. The first kappa shape index (κ1) is 28.2. The van der Waals surface area contributed by atoms with Gasteiger partial charge in [0.25, 0.3) is 0 Å². The van der Waals surface area contributed by atoms with Gasteiger partial charge in [0.2, 0.25) is 0 Å². The first-order valence-electron chi connectivity index (χ1n) is 12.6. The Morgan fingerprint density at radius 3 is 2.31 bits per heavy atom. The van der Waals surface area contributed by atoms with Crippen molar-refractivity contribution in [1.82, 2.24) is 9.88 Å². The predicted molar refractivity (Wildman–Crippen MR) is 161 cm³/mol. The Morgan fingerprint density at radius 2 is 1.60 bits per heavy atom. The fraction of sp³-hybridized carbons (Fsp3) is 0.414. The third-order valence-corrected chi connectivity index (χ3v) is 7.40. The highest BCUT2D eigenvalue weighted by Crippen LogP contribution is 2.29. The largest absolute Gasteiger partial charge is 0.507 e. The fourth-order valence-electron chi connectivity index (χ4n) is 4.07. The van der Waals surface area contributed by atoms with E-state index in [0.29, 0.717) is 18.8 Å². The van der Waals surface area contributed by atoms with E-state index in [1.165, 1.54) is 44.1 Å². The Balaban J connectivity index is 1.57. The molecule has 0 aliphatic carbocycles. The molecule has 0 aliphatic rings. The normalized spacial score (nSPS) is 11.2. The molecule has 188 valence electrons. The van der Waals surface area contributed by atoms with Crippen molar-refractivity contribution in [2.75, 3.05) is 6.61 Å². The lowest BCUT2D eigenvalue weighted by Gasteiger charge is -2.23. The van der Waals surface area contributed by atoms with Gasteiger partial charge in [-0.05, 0) is 93.6 Å². The van der Waals surface area contributed by atoms with Gasteiger partial charge in [0.15, 0.2) is 0 Å². The molecule has 2 aromatic carbocycles. The number of unbranched alkanes of at least 4 members (excludes halogenated alkanes) is 6. The lowest BCUT2D eigenvalue weighted by molar-refractivity contribution is 0.241. The number of phenols is 1. The average molecular weight is 698 g/mol. The van der Waals surface area contributed by atoms with Crippen LogP contribution in [0, 0.1) is 7.14 Å². The summed E-state index contributed by atoms with van der Waals surface area (Å²) in [7, 11) is 0. The van der Waals surface area contributed by atoms with Gasteiger partial charge >= 0.3 is 0 Å². The first-order valence-corrected chi connectivity index (χ1v) is 14.7. The van der Waals surface area contributed by atoms with Gasteiger partial charge in [0.05, 0.1) is 15.9 Å². The highest BCUT2D eigenvalue weighted by molar-refractivity contribution is 14.1. The zero-order chi connectivity index (χ0) is 24.9. The second-order valence-electron chi connectivity index (χ2n) is 8.98. The van der Waals surface area contributed by atoms with Gasteiger partial charge in [0.1, 0.15) is 11.5 Å². The van der Waals surface area contributed by atoms with Crippen molar-refractivity contribution in [3.63, 3.8) is 0 Å². The van der Waals surface area contributed by atoms with E-state index in [-0.39, 0.29) is 0 Å². The van der Waals surface area contributed by atoms with Gasteiger partial charge < -0.3 is 9.84 Å². The SMILES string of the molecule is CCCCCCCCCOc1ccc(CN(Cc2ccccn2)Cc2cc(I)cc(I)c2O)cc1. The molecule has 0 atom stereocenters. The van der Waals surface area contributed by atoms with Crippen LogP contribution in [0.1, 0.15) is 68.7 Å². The number of ether oxygens (including phenoxy) is 1. The monoisotopic (exact) mass is 698 g/mol. The van der Waals surface area contributed by atoms with E-state index in [4.69, 9.17) is 4.74 Å². The van der Waals surface area contributed by atoms with Crippen LogP contribution in [-0.2, 0) is 19.6 Å². The average Bonchev–Trinajstić information content (AvgIpc) is 2.85. The van der Waals surface area contributed by atoms with Crippen LogP contribution in [-0.4, -0.2) is 21.6 Å². The number of hydrogen-bond acceptors (Lipinski definition) is 4. The molecule has 6 heteroatoms. The fourth-order valence-corrected chi connectivity index (χ4v) is 6.03. The molecule has 0 saturated carbocycles. The van der Waals surface area contributed by atoms with Gasteiger partial charge in [-0.25, -0.2) is 0 Å². The topological polar surface area (TPSA) is 45.6 Å². The minimum Gasteiger partial charge on any atom is -0.507 e. The van der Waals surface area contributed by atoms with Crippen LogP contribution in [0.4, 0.5) is 0 Å². The number of phenolic OH excluding ortho intramolecular Hbond substituents is 1. The van der Waals surface area contributed by atoms with Crippen LogP contribution < -0.4 is 4.74 Å². The molecule has 3 rings (SSSR count). The van der Waals surface area contributed by atoms with Crippen molar-refractivity contribution in [2.45, 2.75) is 71.5 Å². The molecule has 0 fully saturated rings. The number of aromatic nitrogens is 1. The van der Waals surface area contributed by atoms with Gasteiger partial charge in [-0.1, -0.05) is 63.6 Å². The van der Waals surface area contributed by atoms with E-state index in [2.05, 4.69) is 92.3 Å². The number of benzene rings is 2. The number of aromatic hydroxyl groups is 1. The molecular weight excluding hydrogens is 662 g/mol. The molecule has 1 aromatic heterocycles. The van der Waals surface area contributed by atoms with Crippen LogP contribution in [0.3, 0.4) is 0 Å². The Kier molecular flexibility index (Phi) is 12.6. The summed E-state index contributed by atoms with van der Waals surface area (Å²) in [6.45, 7) is 5.15. The number of rotatable bonds is 15. The maximum atomic E-state index is 10.6. The molecule has 0 spiro atoms. The van der Waals surface area contributed by atoms with Crippen molar-refractivity contribution >= 4 is 45.2 Å². The highest BCUT2D eigenvalue weighted by Gasteiger charge is 2.14. The minimum absolute atomic E-state index is 0.367. The number of hydrogen-bond donors (Lipinski definition) is 1. The molecule has 1 heterocycles. The second kappa shape index (κ2) is 15.7. The van der Waals surface area contributed by atoms with Crippen LogP contribution in [0.15, 0.2) is 60.8 Å². The quantitative estimate of drug-likeness (QED) is 0.128. The third kappa shape index (κ3) is 10.2. The summed E-state index contributed by atoms with van der Waals surface area (Å²) in [5.41, 5.74) is 3.16. The van der Waals surface area contributed by atoms with Crippen molar-refractivity contribution < 1.29 is 9.84 Å². The lowest BCUT2D eigenvalue weighted by Crippen LogP contribution is -2.23. The van der Waals surface area contributed by atoms with Gasteiger partial charge in [-0.3, -0.25) is 9.88 Å². The maximum absolute atomic E-state index is 10.6. The van der Waals surface area contributed by atoms with Crippen molar-refractivity contribution in [2.24, 2.45) is 0 Å². The summed E-state index contributed by atoms with van der Waals surface area (Å²) in [5.74, 6) is 1.30. The van der Waals surface area contributed by atoms with E-state index in [0.717, 1.165) is 43.7 Å². The van der Waals surface area contributed by atoms with Crippen molar-refractivity contribution in [3.05, 3.63) is 84.8 Å². The standard InChI is InChI=1S/C29H36I2N2O2/c1-2-3-4-5-6-7-10-17-35-27-14-12-23(13-15-27)20-33(22-26-11-8-9-16-32-26)21-24-18-25(30)19-28(31)29(24)34/h8-9,11-16,18-19,34H,2-7,10,17,20-22H2,1H3. The second-order valence-corrected chi connectivity index (χ2v) is 11.4. The summed E-state index contributed by atoms with van der Waals surface area (Å²) in [5, 5.41) is 10.6. The molecule has 1 N–H and O–H groups in total. The van der Waals surface area contributed by atoms with Gasteiger partial charge in [-0.2, -0.15) is 0 Å². The van der Waals surface area contributed by atoms with E-state index in [9.17, 15) is 5.11 Å². The molecule has 0 bridgehead atoms. The van der Waals surface area contributed by atoms with Crippen LogP contribution in [0.25, 0.3) is 0 Å². The molecular formula is C29H36I2N2O2. The van der Waals surface area contributed by atoms with Crippen LogP contribution in [0.2, 0.25) is 0 Å². The molecule has 35 heavy (non-hydrogen) atoms. The van der Waals surface area contributed by atoms with E-state index >= 15 is 0 Å². The zero-order valence-corrected chi connectivity index (χ0v) is 24.9. The molecule has 0 aliphatic heterocycles. The molecule has 0 amide bonds. The molecule has 0 radical (unpaired) electrons. The van der Waals surface area contributed by atoms with Crippen molar-refractivity contribution in [1.29, 1.82) is 0 Å². The third-order valence-electron chi connectivity index (χ3n) is 5.96. The summed E-state index contributed by atoms with van der Waals surface area (Å²) >= 11 is 4.50. The van der Waals surface area contributed by atoms with E-state index in [1.807, 2.05) is 30.5 Å². The van der Waals surface area contributed by atoms with Gasteiger partial charge in [-0.15, -0.1) is 0 Å². The molecule has 4 nitrogen and oxygen atoms in total. The predicted octanol–water partition coefficient (Wildman–Crippen LogP) is 8.33. The first-order chi connectivity index (χ1) is 17.0. The van der Waals surface area contributed by atoms with Crippen LogP contribution >= 0.6 is 45.2 Å². The summed E-state index contributed by atoms with van der Waals surface area (Å²) in [4.78, 5) is 6.83. The minimum atomic E-state index is 0.367. The summed E-state index contributed by atoms with van der Waals surface area (Å²) in [6.07, 6.45) is 10.9. The Morgan fingerprint density at radius 1 is 0.857 bits per heavy atom. The zero-order valence-electron chi connectivity index (χ0n) is 20.6. The number of halogens is 2. The van der Waals surface area contributed by atoms with E-state index < -0.39 is 0 Å². The Bertz CT molecular complexity index is 1010. The lowest BCUT2D eigenvalue weighted by atomic mass is 10.1. The van der Waals surface area contributed by atoms with E-state index in [1.54, 1.807) is 0 Å². The number of pyridine rings is 1. The smallest absolute Gasteiger partial charge is 0.133 e. The summed E-state index contributed by atoms with van der Waals surface area (Å²) in [6, 6.07) is 18.5. The van der Waals surface area contributed by atoms with Gasteiger partial charge in [0, 0.05) is 35.0 Å². The van der Waals surface area contributed by atoms with Crippen LogP contribution in [0.5, 0.6) is 11.5 Å². The molecule has 0 unspecified atom stereocenters. The summed E-state index contributed by atoms with van der Waals surface area (Å²) < 4.78 is 7.97. The Labute approximate surface area is 237 Å². The highest BCUT2D eigenvalue weighted by atomic mass is 127. The molecule has 3 aromatic rings. The number of nitrogens with zero attached hydrogens (tertiary/aromatic N) is 2. The Hall–Kier alpha value is -1.39. The van der Waals surface area contributed by atoms with Crippen molar-refractivity contribution in [3.8, 4) is 11.5 Å².